The maximum absolute atomic E-state index is 12.5. The first kappa shape index (κ1) is 20.8. The molecule has 10 nitrogen and oxygen atoms in total. The van der Waals surface area contributed by atoms with Gasteiger partial charge in [0, 0.05) is 11.5 Å². The van der Waals surface area contributed by atoms with E-state index in [0.717, 1.165) is 14.7 Å². The molecule has 0 radical (unpaired) electrons. The Balaban J connectivity index is 1.80. The van der Waals surface area contributed by atoms with Crippen LogP contribution in [-0.4, -0.2) is 55.7 Å². The fourth-order valence-electron chi connectivity index (χ4n) is 4.47. The molecule has 2 aliphatic heterocycles. The van der Waals surface area contributed by atoms with Gasteiger partial charge in [-0.2, -0.15) is 4.40 Å². The Morgan fingerprint density at radius 1 is 1.47 bits per heavy atom. The number of carbonyl (C=O) groups excluding carboxylic acids is 2. The number of carboxylic acids is 1. The van der Waals surface area contributed by atoms with Gasteiger partial charge in [-0.15, -0.1) is 0 Å². The van der Waals surface area contributed by atoms with E-state index in [0.29, 0.717) is 5.57 Å². The summed E-state index contributed by atoms with van der Waals surface area (Å²) in [7, 11) is 0. The van der Waals surface area contributed by atoms with Gasteiger partial charge in [0.25, 0.3) is 12.2 Å². The molecule has 0 saturated carbocycles. The SMILES string of the molecule is CSc1c2sc(C3=C(C(=O)O)N4C(=O)[C@H]([C@@H](C)O)[C@H]4[C@H]3C)cn2c[n+]1CC(=O)NN. The summed E-state index contributed by atoms with van der Waals surface area (Å²) in [4.78, 5) is 39.2. The molecule has 2 amide bonds. The second-order valence-corrected chi connectivity index (χ2v) is 9.27. The lowest BCUT2D eigenvalue weighted by Crippen LogP contribution is -2.63. The maximum atomic E-state index is 12.5. The summed E-state index contributed by atoms with van der Waals surface area (Å²) in [6, 6.07) is -0.363. The zero-order valence-corrected chi connectivity index (χ0v) is 18.2. The number of nitrogens with one attached hydrogen (secondary N) is 1. The van der Waals surface area contributed by atoms with Crippen LogP contribution in [0.5, 0.6) is 0 Å². The molecule has 1 fully saturated rings. The highest BCUT2D eigenvalue weighted by Crippen LogP contribution is 2.51. The third-order valence-electron chi connectivity index (χ3n) is 5.71. The van der Waals surface area contributed by atoms with Crippen LogP contribution in [0.4, 0.5) is 0 Å². The average Bonchev–Trinajstić information content (AvgIpc) is 3.28. The van der Waals surface area contributed by atoms with Crippen LogP contribution in [-0.2, 0) is 20.9 Å². The Hall–Kier alpha value is -2.41. The van der Waals surface area contributed by atoms with Crippen LogP contribution in [0.15, 0.2) is 23.2 Å². The van der Waals surface area contributed by atoms with Crippen molar-refractivity contribution in [2.24, 2.45) is 17.7 Å². The van der Waals surface area contributed by atoms with Crippen LogP contribution in [0.1, 0.15) is 18.7 Å². The highest BCUT2D eigenvalue weighted by Gasteiger charge is 2.60. The maximum Gasteiger partial charge on any atom is 0.352 e. The lowest BCUT2D eigenvalue weighted by molar-refractivity contribution is -0.717. The number of amides is 2. The van der Waals surface area contributed by atoms with Gasteiger partial charge < -0.3 is 15.1 Å². The quantitative estimate of drug-likeness (QED) is 0.117. The number of imidazole rings is 1. The largest absolute Gasteiger partial charge is 0.477 e. The van der Waals surface area contributed by atoms with Gasteiger partial charge in [-0.1, -0.05) is 30.0 Å². The van der Waals surface area contributed by atoms with Crippen molar-refractivity contribution in [3.8, 4) is 0 Å². The number of thiazole rings is 1. The number of aliphatic carboxylic acids is 1. The van der Waals surface area contributed by atoms with E-state index in [9.17, 15) is 24.6 Å². The Morgan fingerprint density at radius 3 is 2.73 bits per heavy atom. The van der Waals surface area contributed by atoms with Crippen molar-refractivity contribution in [2.75, 3.05) is 6.26 Å². The molecule has 1 saturated heterocycles. The van der Waals surface area contributed by atoms with Crippen LogP contribution in [0.2, 0.25) is 0 Å². The van der Waals surface area contributed by atoms with Gasteiger partial charge in [-0.05, 0) is 13.2 Å². The molecule has 2 aromatic rings. The van der Waals surface area contributed by atoms with Crippen molar-refractivity contribution in [1.29, 1.82) is 0 Å². The van der Waals surface area contributed by atoms with E-state index in [1.54, 1.807) is 17.8 Å². The average molecular weight is 453 g/mol. The lowest BCUT2D eigenvalue weighted by Gasteiger charge is -2.46. The molecule has 4 heterocycles. The third-order valence-corrected chi connectivity index (χ3v) is 7.80. The fourth-order valence-corrected chi connectivity index (χ4v) is 6.65. The Kier molecular flexibility index (Phi) is 5.12. The summed E-state index contributed by atoms with van der Waals surface area (Å²) in [5.41, 5.74) is 2.69. The van der Waals surface area contributed by atoms with Crippen LogP contribution >= 0.6 is 23.1 Å². The van der Waals surface area contributed by atoms with Gasteiger partial charge in [0.2, 0.25) is 15.8 Å². The van der Waals surface area contributed by atoms with Crippen molar-refractivity contribution in [2.45, 2.75) is 37.6 Å². The van der Waals surface area contributed by atoms with Crippen molar-refractivity contribution in [1.82, 2.24) is 14.7 Å². The first-order valence-electron chi connectivity index (χ1n) is 9.27. The van der Waals surface area contributed by atoms with E-state index >= 15 is 0 Å². The number of aromatic nitrogens is 2. The number of aliphatic hydroxyl groups is 1. The molecule has 4 atom stereocenters. The number of hydrogen-bond acceptors (Lipinski definition) is 7. The highest BCUT2D eigenvalue weighted by molar-refractivity contribution is 7.98. The molecule has 0 spiro atoms. The second-order valence-electron chi connectivity index (χ2n) is 7.45. The molecule has 0 aliphatic carbocycles. The first-order chi connectivity index (χ1) is 14.2. The van der Waals surface area contributed by atoms with Gasteiger partial charge in [0.1, 0.15) is 11.9 Å². The Morgan fingerprint density at radius 2 is 2.17 bits per heavy atom. The second kappa shape index (κ2) is 7.38. The molecular formula is C18H22N5O5S2+. The number of rotatable bonds is 6. The number of hydrogen-bond donors (Lipinski definition) is 4. The number of carboxylic acid groups (broad SMARTS) is 1. The minimum Gasteiger partial charge on any atom is -0.477 e. The van der Waals surface area contributed by atoms with Gasteiger partial charge in [0.05, 0.1) is 22.9 Å². The summed E-state index contributed by atoms with van der Waals surface area (Å²) < 4.78 is 3.62. The Labute approximate surface area is 179 Å². The van der Waals surface area contributed by atoms with Crippen molar-refractivity contribution >= 4 is 51.3 Å². The molecule has 12 heteroatoms. The highest BCUT2D eigenvalue weighted by atomic mass is 32.2. The van der Waals surface area contributed by atoms with Gasteiger partial charge >= 0.3 is 5.97 Å². The molecule has 160 valence electrons. The zero-order chi connectivity index (χ0) is 21.9. The lowest BCUT2D eigenvalue weighted by atomic mass is 9.77. The minimum absolute atomic E-state index is 0.0139. The fraction of sp³-hybridized carbons (Fsp3) is 0.444. The van der Waals surface area contributed by atoms with Crippen LogP contribution in [0, 0.1) is 11.8 Å². The molecule has 0 aromatic carbocycles. The standard InChI is InChI=1S/C18H21N5O5S2/c1-7-11(14(18(27)28)23-13(7)12(8(2)24)15(23)26)9-4-21-6-22(5-10(25)20-19)16(29-3)17(21)30-9/h4,6-8,12-13,24H,5,19H2,1-3H3,(H-,20,25,27,28)/p+1/t7-,8+,12+,13+/m0/s1. The summed E-state index contributed by atoms with van der Waals surface area (Å²) in [6.07, 6.45) is 4.63. The summed E-state index contributed by atoms with van der Waals surface area (Å²) >= 11 is 2.87. The van der Waals surface area contributed by atoms with E-state index in [2.05, 4.69) is 5.43 Å². The molecule has 0 unspecified atom stereocenters. The van der Waals surface area contributed by atoms with Crippen molar-refractivity contribution in [3.05, 3.63) is 23.1 Å². The molecule has 2 aliphatic rings. The zero-order valence-electron chi connectivity index (χ0n) is 16.5. The Bertz CT molecular complexity index is 1100. The minimum atomic E-state index is -1.16. The van der Waals surface area contributed by atoms with Gasteiger partial charge in [-0.25, -0.2) is 15.2 Å². The van der Waals surface area contributed by atoms with E-state index in [4.69, 9.17) is 5.84 Å². The van der Waals surface area contributed by atoms with Crippen LogP contribution < -0.4 is 15.8 Å². The molecule has 2 aromatic heterocycles. The van der Waals surface area contributed by atoms with E-state index in [1.807, 2.05) is 23.8 Å². The van der Waals surface area contributed by atoms with Gasteiger partial charge in [-0.3, -0.25) is 15.0 Å². The van der Waals surface area contributed by atoms with E-state index in [1.165, 1.54) is 28.0 Å². The number of fused-ring (bicyclic) bond motifs is 2. The number of carbonyl (C=O) groups is 3. The van der Waals surface area contributed by atoms with E-state index < -0.39 is 18.0 Å². The van der Waals surface area contributed by atoms with Crippen LogP contribution in [0.25, 0.3) is 10.4 Å². The molecule has 30 heavy (non-hydrogen) atoms. The molecular weight excluding hydrogens is 430 g/mol. The molecule has 4 rings (SSSR count). The summed E-state index contributed by atoms with van der Waals surface area (Å²) in [6.45, 7) is 3.51. The summed E-state index contributed by atoms with van der Waals surface area (Å²) in [5, 5.41) is 20.7. The third kappa shape index (κ3) is 2.86. The predicted molar refractivity (Wildman–Crippen MR) is 109 cm³/mol. The van der Waals surface area contributed by atoms with E-state index in [-0.39, 0.29) is 36.0 Å². The monoisotopic (exact) mass is 452 g/mol. The predicted octanol–water partition coefficient (Wildman–Crippen LogP) is -0.347. The number of hydrazine groups is 1. The van der Waals surface area contributed by atoms with Crippen LogP contribution in [0.3, 0.4) is 0 Å². The number of thioether (sulfide) groups is 1. The number of aliphatic hydroxyl groups excluding tert-OH is 1. The normalized spacial score (nSPS) is 24.2. The first-order valence-corrected chi connectivity index (χ1v) is 11.3. The number of nitrogens with two attached hydrogens (primary N) is 1. The van der Waals surface area contributed by atoms with Gasteiger partial charge in [0.15, 0.2) is 6.54 Å². The topological polar surface area (TPSA) is 141 Å². The van der Waals surface area contributed by atoms with Crippen molar-refractivity contribution < 1.29 is 29.2 Å². The number of β-lactam (4-membered cyclic amide) rings is 1. The molecule has 0 bridgehead atoms. The number of nitrogens with zero attached hydrogens (tertiary/aromatic N) is 3. The summed E-state index contributed by atoms with van der Waals surface area (Å²) in [5.74, 6) is 2.51. The smallest absolute Gasteiger partial charge is 0.352 e. The molecule has 5 N–H and O–H groups in total. The van der Waals surface area contributed by atoms with Crippen molar-refractivity contribution in [3.63, 3.8) is 0 Å².